The molecule has 2 atom stereocenters. The van der Waals surface area contributed by atoms with Crippen LogP contribution in [0.1, 0.15) is 6.42 Å². The van der Waals surface area contributed by atoms with Gasteiger partial charge in [-0.25, -0.2) is 8.42 Å². The van der Waals surface area contributed by atoms with Crippen molar-refractivity contribution < 1.29 is 8.42 Å². The van der Waals surface area contributed by atoms with E-state index >= 15 is 0 Å². The van der Waals surface area contributed by atoms with Crippen molar-refractivity contribution in [1.82, 2.24) is 5.32 Å². The standard InChI is InChI=1S/C7H13NO2S.ClH/c9-11(10)2-1-6-3-8-4-7(6)5-11;/h6-8H,1-5H2;1H. The van der Waals surface area contributed by atoms with Crippen LogP contribution in [0, 0.1) is 11.8 Å². The number of hydrogen-bond acceptors (Lipinski definition) is 3. The van der Waals surface area contributed by atoms with Gasteiger partial charge in [-0.1, -0.05) is 0 Å². The minimum absolute atomic E-state index is 0. The van der Waals surface area contributed by atoms with Crippen molar-refractivity contribution >= 4 is 22.2 Å². The topological polar surface area (TPSA) is 46.2 Å². The molecule has 1 N–H and O–H groups in total. The van der Waals surface area contributed by atoms with Crippen LogP contribution in [0.5, 0.6) is 0 Å². The zero-order valence-corrected chi connectivity index (χ0v) is 8.46. The molecule has 0 amide bonds. The van der Waals surface area contributed by atoms with E-state index in [0.29, 0.717) is 23.3 Å². The van der Waals surface area contributed by atoms with Crippen molar-refractivity contribution in [2.75, 3.05) is 24.6 Å². The van der Waals surface area contributed by atoms with Crippen LogP contribution >= 0.6 is 12.4 Å². The van der Waals surface area contributed by atoms with E-state index in [1.165, 1.54) is 0 Å². The summed E-state index contributed by atoms with van der Waals surface area (Å²) < 4.78 is 22.3. The van der Waals surface area contributed by atoms with E-state index in [1.807, 2.05) is 0 Å². The zero-order valence-electron chi connectivity index (χ0n) is 6.82. The highest BCUT2D eigenvalue weighted by Crippen LogP contribution is 2.27. The van der Waals surface area contributed by atoms with Gasteiger partial charge in [0, 0.05) is 0 Å². The normalized spacial score (nSPS) is 38.3. The largest absolute Gasteiger partial charge is 0.316 e. The molecule has 2 saturated heterocycles. The van der Waals surface area contributed by atoms with Crippen LogP contribution in [0.15, 0.2) is 0 Å². The summed E-state index contributed by atoms with van der Waals surface area (Å²) in [5.41, 5.74) is 0. The van der Waals surface area contributed by atoms with Gasteiger partial charge in [-0.05, 0) is 31.3 Å². The first-order chi connectivity index (χ1) is 5.17. The third-order valence-corrected chi connectivity index (χ3v) is 4.54. The lowest BCUT2D eigenvalue weighted by Gasteiger charge is -2.23. The molecular weight excluding hydrogens is 198 g/mol. The molecule has 2 unspecified atom stereocenters. The quantitative estimate of drug-likeness (QED) is 0.617. The van der Waals surface area contributed by atoms with E-state index in [9.17, 15) is 8.42 Å². The van der Waals surface area contributed by atoms with Crippen molar-refractivity contribution in [3.05, 3.63) is 0 Å². The first-order valence-electron chi connectivity index (χ1n) is 4.08. The molecule has 0 aromatic heterocycles. The van der Waals surface area contributed by atoms with Gasteiger partial charge in [-0.2, -0.15) is 0 Å². The summed E-state index contributed by atoms with van der Waals surface area (Å²) in [6, 6.07) is 0. The number of nitrogens with one attached hydrogen (secondary N) is 1. The summed E-state index contributed by atoms with van der Waals surface area (Å²) in [5.74, 6) is 1.88. The Bertz CT molecular complexity index is 252. The van der Waals surface area contributed by atoms with Crippen molar-refractivity contribution in [2.24, 2.45) is 11.8 Å². The maximum atomic E-state index is 11.2. The number of sulfone groups is 1. The van der Waals surface area contributed by atoms with Gasteiger partial charge in [0.05, 0.1) is 11.5 Å². The van der Waals surface area contributed by atoms with Gasteiger partial charge in [-0.15, -0.1) is 12.4 Å². The van der Waals surface area contributed by atoms with Crippen molar-refractivity contribution in [2.45, 2.75) is 6.42 Å². The second-order valence-corrected chi connectivity index (χ2v) is 5.81. The summed E-state index contributed by atoms with van der Waals surface area (Å²) in [6.45, 7) is 1.93. The van der Waals surface area contributed by atoms with Gasteiger partial charge in [0.15, 0.2) is 9.84 Å². The number of hydrogen-bond donors (Lipinski definition) is 1. The molecule has 0 spiro atoms. The van der Waals surface area contributed by atoms with Crippen molar-refractivity contribution in [3.63, 3.8) is 0 Å². The molecule has 12 heavy (non-hydrogen) atoms. The van der Waals surface area contributed by atoms with Gasteiger partial charge in [0.25, 0.3) is 0 Å². The highest BCUT2D eigenvalue weighted by atomic mass is 35.5. The Morgan fingerprint density at radius 3 is 2.58 bits per heavy atom. The Hall–Kier alpha value is 0.200. The summed E-state index contributed by atoms with van der Waals surface area (Å²) in [7, 11) is -2.68. The summed E-state index contributed by atoms with van der Waals surface area (Å²) in [6.07, 6.45) is 0.875. The molecule has 0 bridgehead atoms. The highest BCUT2D eigenvalue weighted by molar-refractivity contribution is 7.91. The fourth-order valence-electron chi connectivity index (χ4n) is 2.06. The summed E-state index contributed by atoms with van der Waals surface area (Å²) in [4.78, 5) is 0. The fraction of sp³-hybridized carbons (Fsp3) is 1.00. The van der Waals surface area contributed by atoms with Crippen molar-refractivity contribution in [3.8, 4) is 0 Å². The van der Waals surface area contributed by atoms with E-state index < -0.39 is 9.84 Å². The highest BCUT2D eigenvalue weighted by Gasteiger charge is 2.35. The van der Waals surface area contributed by atoms with Crippen LogP contribution in [0.3, 0.4) is 0 Å². The van der Waals surface area contributed by atoms with Gasteiger partial charge in [0.1, 0.15) is 0 Å². The van der Waals surface area contributed by atoms with E-state index in [2.05, 4.69) is 5.32 Å². The third-order valence-electron chi connectivity index (χ3n) is 2.75. The Morgan fingerprint density at radius 1 is 1.17 bits per heavy atom. The first-order valence-corrected chi connectivity index (χ1v) is 5.91. The van der Waals surface area contributed by atoms with E-state index in [-0.39, 0.29) is 12.4 Å². The predicted molar refractivity (Wildman–Crippen MR) is 50.4 cm³/mol. The third kappa shape index (κ3) is 1.92. The molecule has 5 heteroatoms. The molecule has 2 aliphatic rings. The molecule has 0 aromatic carbocycles. The van der Waals surface area contributed by atoms with Crippen LogP contribution in [-0.2, 0) is 9.84 Å². The summed E-state index contributed by atoms with van der Waals surface area (Å²) in [5, 5.41) is 3.24. The Kier molecular flexibility index (Phi) is 3.01. The molecule has 2 aliphatic heterocycles. The molecule has 0 radical (unpaired) electrons. The number of halogens is 1. The average molecular weight is 212 g/mol. The predicted octanol–water partition coefficient (Wildman–Crippen LogP) is 0.0623. The molecule has 2 rings (SSSR count). The SMILES string of the molecule is Cl.O=S1(=O)CCC2CNCC2C1. The Balaban J connectivity index is 0.000000720. The molecule has 0 aromatic rings. The second kappa shape index (κ2) is 3.52. The molecule has 3 nitrogen and oxygen atoms in total. The average Bonchev–Trinajstić information content (AvgIpc) is 2.31. The molecule has 72 valence electrons. The molecule has 2 fully saturated rings. The maximum Gasteiger partial charge on any atom is 0.150 e. The van der Waals surface area contributed by atoms with E-state index in [0.717, 1.165) is 19.5 Å². The van der Waals surface area contributed by atoms with Crippen molar-refractivity contribution in [1.29, 1.82) is 0 Å². The fourth-order valence-corrected chi connectivity index (χ4v) is 3.93. The second-order valence-electron chi connectivity index (χ2n) is 3.58. The van der Waals surface area contributed by atoms with Crippen LogP contribution in [0.2, 0.25) is 0 Å². The van der Waals surface area contributed by atoms with E-state index in [1.54, 1.807) is 0 Å². The molecule has 0 saturated carbocycles. The number of rotatable bonds is 0. The van der Waals surface area contributed by atoms with Crippen LogP contribution in [-0.4, -0.2) is 33.0 Å². The Morgan fingerprint density at radius 2 is 1.83 bits per heavy atom. The van der Waals surface area contributed by atoms with Crippen LogP contribution in [0.25, 0.3) is 0 Å². The van der Waals surface area contributed by atoms with Gasteiger partial charge in [0.2, 0.25) is 0 Å². The minimum atomic E-state index is -2.68. The molecule has 2 heterocycles. The lowest BCUT2D eigenvalue weighted by atomic mass is 9.95. The summed E-state index contributed by atoms with van der Waals surface area (Å²) >= 11 is 0. The Labute approximate surface area is 79.2 Å². The van der Waals surface area contributed by atoms with E-state index in [4.69, 9.17) is 0 Å². The maximum absolute atomic E-state index is 11.2. The van der Waals surface area contributed by atoms with Gasteiger partial charge < -0.3 is 5.32 Å². The van der Waals surface area contributed by atoms with Crippen LogP contribution in [0.4, 0.5) is 0 Å². The molecule has 0 aliphatic carbocycles. The first kappa shape index (κ1) is 10.3. The zero-order chi connectivity index (χ0) is 7.90. The monoisotopic (exact) mass is 211 g/mol. The smallest absolute Gasteiger partial charge is 0.150 e. The number of fused-ring (bicyclic) bond motifs is 1. The van der Waals surface area contributed by atoms with Gasteiger partial charge in [-0.3, -0.25) is 0 Å². The lowest BCUT2D eigenvalue weighted by Crippen LogP contribution is -2.31. The van der Waals surface area contributed by atoms with Crippen LogP contribution < -0.4 is 5.32 Å². The molecular formula is C7H14ClNO2S. The van der Waals surface area contributed by atoms with Gasteiger partial charge >= 0.3 is 0 Å². The lowest BCUT2D eigenvalue weighted by molar-refractivity contribution is 0.416. The minimum Gasteiger partial charge on any atom is -0.316 e.